The molecule has 0 aliphatic rings. The van der Waals surface area contributed by atoms with Crippen LogP contribution in [0.5, 0.6) is 0 Å². The molecule has 0 aromatic heterocycles. The van der Waals surface area contributed by atoms with Gasteiger partial charge in [0.25, 0.3) is 0 Å². The molecule has 0 heterocycles. The third kappa shape index (κ3) is 6.88. The molecule has 11 heavy (non-hydrogen) atoms. The summed E-state index contributed by atoms with van der Waals surface area (Å²) in [4.78, 5) is 0. The van der Waals surface area contributed by atoms with Crippen LogP contribution in [-0.2, 0) is 20.9 Å². The SMILES string of the molecule is CC(C)OP(F)(=S)OC(C)C. The second kappa shape index (κ2) is 4.51. The lowest BCUT2D eigenvalue weighted by molar-refractivity contribution is 0.154. The van der Waals surface area contributed by atoms with Crippen molar-refractivity contribution in [1.82, 2.24) is 0 Å². The first kappa shape index (κ1) is 11.5. The lowest BCUT2D eigenvalue weighted by Crippen LogP contribution is -2.04. The summed E-state index contributed by atoms with van der Waals surface area (Å²) in [5.41, 5.74) is 0. The highest BCUT2D eigenvalue weighted by atomic mass is 32.5. The third-order valence-electron chi connectivity index (χ3n) is 0.673. The molecular formula is C6H14FO2PS. The maximum atomic E-state index is 13.1. The van der Waals surface area contributed by atoms with Gasteiger partial charge in [0.2, 0.25) is 0 Å². The first-order valence-corrected chi connectivity index (χ1v) is 6.03. The van der Waals surface area contributed by atoms with E-state index in [1.807, 2.05) is 0 Å². The van der Waals surface area contributed by atoms with Crippen LogP contribution in [0.1, 0.15) is 27.7 Å². The van der Waals surface area contributed by atoms with E-state index in [9.17, 15) is 4.20 Å². The highest BCUT2D eigenvalue weighted by Crippen LogP contribution is 2.52. The molecule has 0 atom stereocenters. The van der Waals surface area contributed by atoms with E-state index in [4.69, 9.17) is 9.05 Å². The summed E-state index contributed by atoms with van der Waals surface area (Å²) < 4.78 is 22.6. The molecule has 5 heteroatoms. The van der Waals surface area contributed by atoms with E-state index in [0.717, 1.165) is 0 Å². The largest absolute Gasteiger partial charge is 0.366 e. The zero-order valence-corrected chi connectivity index (χ0v) is 8.92. The zero-order chi connectivity index (χ0) is 9.07. The van der Waals surface area contributed by atoms with Gasteiger partial charge in [0.15, 0.2) is 0 Å². The van der Waals surface area contributed by atoms with Gasteiger partial charge in [-0.1, -0.05) is 0 Å². The summed E-state index contributed by atoms with van der Waals surface area (Å²) in [6, 6.07) is 0. The van der Waals surface area contributed by atoms with Crippen LogP contribution in [0.15, 0.2) is 0 Å². The average Bonchev–Trinajstić information content (AvgIpc) is 1.53. The molecule has 0 aromatic carbocycles. The molecule has 0 amide bonds. The summed E-state index contributed by atoms with van der Waals surface area (Å²) in [5, 5.41) is 0. The van der Waals surface area contributed by atoms with Gasteiger partial charge in [-0.25, -0.2) is 0 Å². The van der Waals surface area contributed by atoms with Crippen molar-refractivity contribution in [3.05, 3.63) is 0 Å². The highest BCUT2D eigenvalue weighted by molar-refractivity contribution is 8.07. The Kier molecular flexibility index (Phi) is 4.71. The molecule has 68 valence electrons. The molecule has 0 rings (SSSR count). The van der Waals surface area contributed by atoms with Crippen LogP contribution in [0.25, 0.3) is 0 Å². The van der Waals surface area contributed by atoms with Gasteiger partial charge in [0, 0.05) is 0 Å². The zero-order valence-electron chi connectivity index (χ0n) is 7.20. The number of hydrogen-bond acceptors (Lipinski definition) is 3. The van der Waals surface area contributed by atoms with Gasteiger partial charge in [-0.15, -0.1) is 0 Å². The average molecular weight is 200 g/mol. The van der Waals surface area contributed by atoms with Crippen LogP contribution in [0.4, 0.5) is 4.20 Å². The first-order valence-electron chi connectivity index (χ1n) is 3.50. The van der Waals surface area contributed by atoms with E-state index >= 15 is 0 Å². The second-order valence-corrected chi connectivity index (χ2v) is 5.33. The smallest absolute Gasteiger partial charge is 0.303 e. The van der Waals surface area contributed by atoms with Crippen LogP contribution in [0.2, 0.25) is 0 Å². The maximum absolute atomic E-state index is 13.1. The van der Waals surface area contributed by atoms with Crippen LogP contribution < -0.4 is 0 Å². The fourth-order valence-electron chi connectivity index (χ4n) is 0.528. The molecule has 0 saturated heterocycles. The molecule has 0 fully saturated rings. The standard InChI is InChI=1S/C6H14FO2PS/c1-5(2)8-10(7,11)9-6(3)4/h5-6H,1-4H3. The molecule has 0 bridgehead atoms. The Labute approximate surface area is 72.4 Å². The fourth-order valence-corrected chi connectivity index (χ4v) is 2.62. The summed E-state index contributed by atoms with van der Waals surface area (Å²) in [7, 11) is 0. The minimum absolute atomic E-state index is 0.218. The van der Waals surface area contributed by atoms with E-state index in [2.05, 4.69) is 11.8 Å². The molecular weight excluding hydrogens is 186 g/mol. The molecule has 0 spiro atoms. The molecule has 0 saturated carbocycles. The lowest BCUT2D eigenvalue weighted by atomic mass is 10.5. The number of hydrogen-bond donors (Lipinski definition) is 0. The van der Waals surface area contributed by atoms with Crippen molar-refractivity contribution in [3.63, 3.8) is 0 Å². The summed E-state index contributed by atoms with van der Waals surface area (Å²) >= 11 is 4.50. The molecule has 0 unspecified atom stereocenters. The van der Waals surface area contributed by atoms with Crippen LogP contribution in [0.3, 0.4) is 0 Å². The number of rotatable bonds is 4. The fraction of sp³-hybridized carbons (Fsp3) is 1.00. The van der Waals surface area contributed by atoms with Crippen molar-refractivity contribution in [3.8, 4) is 0 Å². The van der Waals surface area contributed by atoms with Crippen molar-refractivity contribution in [2.45, 2.75) is 39.9 Å². The molecule has 0 radical (unpaired) electrons. The predicted molar refractivity (Wildman–Crippen MR) is 47.8 cm³/mol. The van der Waals surface area contributed by atoms with Gasteiger partial charge >= 0.3 is 6.80 Å². The van der Waals surface area contributed by atoms with E-state index < -0.39 is 6.80 Å². The lowest BCUT2D eigenvalue weighted by Gasteiger charge is -2.17. The van der Waals surface area contributed by atoms with E-state index in [-0.39, 0.29) is 12.2 Å². The predicted octanol–water partition coefficient (Wildman–Crippen LogP) is 3.03. The summed E-state index contributed by atoms with van der Waals surface area (Å²) in [6.07, 6.45) is -0.436. The summed E-state index contributed by atoms with van der Waals surface area (Å²) in [6.45, 7) is 3.43. The van der Waals surface area contributed by atoms with E-state index in [0.29, 0.717) is 0 Å². The molecule has 0 aliphatic carbocycles. The van der Waals surface area contributed by atoms with Gasteiger partial charge < -0.3 is 9.05 Å². The van der Waals surface area contributed by atoms with Gasteiger partial charge in [-0.05, 0) is 39.5 Å². The van der Waals surface area contributed by atoms with Crippen molar-refractivity contribution >= 4 is 18.6 Å². The minimum atomic E-state index is -3.47. The van der Waals surface area contributed by atoms with Crippen molar-refractivity contribution in [2.75, 3.05) is 0 Å². The van der Waals surface area contributed by atoms with Crippen molar-refractivity contribution in [2.24, 2.45) is 0 Å². The normalized spacial score (nSPS) is 13.0. The van der Waals surface area contributed by atoms with Crippen LogP contribution in [-0.4, -0.2) is 12.2 Å². The highest BCUT2D eigenvalue weighted by Gasteiger charge is 2.20. The quantitative estimate of drug-likeness (QED) is 0.650. The first-order chi connectivity index (χ1) is 4.83. The Morgan fingerprint density at radius 1 is 1.09 bits per heavy atom. The maximum Gasteiger partial charge on any atom is 0.366 e. The van der Waals surface area contributed by atoms with Gasteiger partial charge in [0.1, 0.15) is 0 Å². The topological polar surface area (TPSA) is 18.5 Å². The monoisotopic (exact) mass is 200 g/mol. The molecule has 2 nitrogen and oxygen atoms in total. The van der Waals surface area contributed by atoms with Crippen molar-refractivity contribution in [1.29, 1.82) is 0 Å². The van der Waals surface area contributed by atoms with Crippen LogP contribution >= 0.6 is 6.80 Å². The van der Waals surface area contributed by atoms with E-state index in [1.54, 1.807) is 27.7 Å². The Morgan fingerprint density at radius 2 is 1.36 bits per heavy atom. The van der Waals surface area contributed by atoms with Crippen LogP contribution in [0, 0.1) is 0 Å². The van der Waals surface area contributed by atoms with Gasteiger partial charge in [-0.3, -0.25) is 0 Å². The number of halogens is 1. The van der Waals surface area contributed by atoms with Crippen molar-refractivity contribution < 1.29 is 13.2 Å². The molecule has 0 N–H and O–H groups in total. The van der Waals surface area contributed by atoms with E-state index in [1.165, 1.54) is 0 Å². The Hall–Kier alpha value is 0.500. The van der Waals surface area contributed by atoms with Gasteiger partial charge in [-0.2, -0.15) is 4.20 Å². The summed E-state index contributed by atoms with van der Waals surface area (Å²) in [5.74, 6) is 0. The molecule has 0 aromatic rings. The third-order valence-corrected chi connectivity index (χ3v) is 2.54. The Bertz CT molecular complexity index is 147. The Balaban J connectivity index is 3.91. The minimum Gasteiger partial charge on any atom is -0.303 e. The molecule has 0 aliphatic heterocycles. The second-order valence-electron chi connectivity index (χ2n) is 2.74. The Morgan fingerprint density at radius 3 is 1.55 bits per heavy atom. The van der Waals surface area contributed by atoms with Gasteiger partial charge in [0.05, 0.1) is 12.2 Å².